The maximum Gasteiger partial charge on any atom is 0.319 e. The van der Waals surface area contributed by atoms with Crippen molar-refractivity contribution >= 4 is 17.7 Å². The fraction of sp³-hybridized carbons (Fsp3) is 0.333. The van der Waals surface area contributed by atoms with Crippen LogP contribution in [0.5, 0.6) is 0 Å². The lowest BCUT2D eigenvalue weighted by molar-refractivity contribution is 0.250. The monoisotopic (exact) mass is 385 g/mol. The van der Waals surface area contributed by atoms with E-state index < -0.39 is 0 Å². The lowest BCUT2D eigenvalue weighted by Crippen LogP contribution is -2.36. The average molecular weight is 385 g/mol. The molecule has 4 N–H and O–H groups in total. The average Bonchev–Trinajstić information content (AvgIpc) is 2.66. The summed E-state index contributed by atoms with van der Waals surface area (Å²) in [5.41, 5.74) is 2.73. The molecule has 0 heterocycles. The number of hydrogen-bond donors (Lipinski definition) is 4. The predicted octanol–water partition coefficient (Wildman–Crippen LogP) is 3.61. The highest BCUT2D eigenvalue weighted by molar-refractivity contribution is 5.89. The van der Waals surface area contributed by atoms with Crippen molar-refractivity contribution in [1.29, 1.82) is 0 Å². The molecule has 2 amide bonds. The van der Waals surface area contributed by atoms with E-state index in [4.69, 9.17) is 0 Å². The van der Waals surface area contributed by atoms with Crippen LogP contribution in [0.25, 0.3) is 0 Å². The van der Waals surface area contributed by atoms with Crippen molar-refractivity contribution in [1.82, 2.24) is 16.0 Å². The standard InChI is InChI=1S/C21H28FN5O/c1-4-23-20(24-13-16-5-9-18(22)10-6-16)25-14-17-7-11-19(12-8-17)27-21(28)26-15(2)3/h5-12,15H,4,13-14H2,1-3H3,(H2,23,24,25)(H2,26,27,28). The maximum atomic E-state index is 13.0. The number of urea groups is 1. The van der Waals surface area contributed by atoms with Gasteiger partial charge in [-0.2, -0.15) is 0 Å². The van der Waals surface area contributed by atoms with Gasteiger partial charge in [-0.3, -0.25) is 0 Å². The summed E-state index contributed by atoms with van der Waals surface area (Å²) in [4.78, 5) is 16.3. The molecular formula is C21H28FN5O. The van der Waals surface area contributed by atoms with E-state index in [9.17, 15) is 9.18 Å². The molecule has 150 valence electrons. The van der Waals surface area contributed by atoms with Crippen molar-refractivity contribution in [3.05, 3.63) is 65.5 Å². The third-order valence-electron chi connectivity index (χ3n) is 3.77. The summed E-state index contributed by atoms with van der Waals surface area (Å²) in [6.45, 7) is 7.61. The second-order valence-electron chi connectivity index (χ2n) is 6.63. The van der Waals surface area contributed by atoms with Gasteiger partial charge in [0, 0.05) is 24.8 Å². The molecule has 6 nitrogen and oxygen atoms in total. The van der Waals surface area contributed by atoms with Crippen LogP contribution < -0.4 is 21.3 Å². The van der Waals surface area contributed by atoms with Gasteiger partial charge < -0.3 is 21.3 Å². The van der Waals surface area contributed by atoms with Crippen LogP contribution >= 0.6 is 0 Å². The molecule has 0 unspecified atom stereocenters. The summed E-state index contributed by atoms with van der Waals surface area (Å²) in [5, 5.41) is 12.0. The van der Waals surface area contributed by atoms with Crippen LogP contribution in [0.1, 0.15) is 31.9 Å². The number of anilines is 1. The quantitative estimate of drug-likeness (QED) is 0.434. The molecule has 0 aromatic heterocycles. The molecule has 28 heavy (non-hydrogen) atoms. The number of nitrogens with zero attached hydrogens (tertiary/aromatic N) is 1. The normalized spacial score (nSPS) is 11.2. The Hall–Kier alpha value is -3.09. The minimum atomic E-state index is -0.246. The van der Waals surface area contributed by atoms with E-state index in [0.717, 1.165) is 23.4 Å². The molecule has 2 aromatic rings. The summed E-state index contributed by atoms with van der Waals surface area (Å²) < 4.78 is 13.0. The van der Waals surface area contributed by atoms with Crippen molar-refractivity contribution < 1.29 is 9.18 Å². The van der Waals surface area contributed by atoms with E-state index >= 15 is 0 Å². The lowest BCUT2D eigenvalue weighted by Gasteiger charge is -2.12. The second-order valence-corrected chi connectivity index (χ2v) is 6.63. The number of guanidine groups is 1. The molecule has 0 fully saturated rings. The zero-order chi connectivity index (χ0) is 20.4. The van der Waals surface area contributed by atoms with Crippen LogP contribution in [-0.2, 0) is 13.1 Å². The Morgan fingerprint density at radius 3 is 2.25 bits per heavy atom. The van der Waals surface area contributed by atoms with Crippen LogP contribution in [0.4, 0.5) is 14.9 Å². The highest BCUT2D eigenvalue weighted by atomic mass is 19.1. The van der Waals surface area contributed by atoms with Crippen molar-refractivity contribution in [3.63, 3.8) is 0 Å². The fourth-order valence-corrected chi connectivity index (χ4v) is 2.42. The highest BCUT2D eigenvalue weighted by Crippen LogP contribution is 2.10. The van der Waals surface area contributed by atoms with Crippen molar-refractivity contribution in [2.45, 2.75) is 39.9 Å². The van der Waals surface area contributed by atoms with Gasteiger partial charge in [-0.05, 0) is 56.2 Å². The maximum absolute atomic E-state index is 13.0. The highest BCUT2D eigenvalue weighted by Gasteiger charge is 2.03. The molecule has 0 saturated heterocycles. The summed E-state index contributed by atoms with van der Waals surface area (Å²) in [7, 11) is 0. The molecule has 0 radical (unpaired) electrons. The zero-order valence-electron chi connectivity index (χ0n) is 16.6. The minimum absolute atomic E-state index is 0.0838. The Balaban J connectivity index is 1.90. The van der Waals surface area contributed by atoms with Crippen LogP contribution in [0.3, 0.4) is 0 Å². The van der Waals surface area contributed by atoms with Gasteiger partial charge in [0.25, 0.3) is 0 Å². The smallest absolute Gasteiger partial charge is 0.319 e. The summed E-state index contributed by atoms with van der Waals surface area (Å²) in [6, 6.07) is 13.8. The Morgan fingerprint density at radius 2 is 1.64 bits per heavy atom. The van der Waals surface area contributed by atoms with Gasteiger partial charge >= 0.3 is 6.03 Å². The predicted molar refractivity (Wildman–Crippen MR) is 112 cm³/mol. The number of amides is 2. The Labute approximate surface area is 165 Å². The number of hydrogen-bond acceptors (Lipinski definition) is 2. The third-order valence-corrected chi connectivity index (χ3v) is 3.77. The number of rotatable bonds is 7. The fourth-order valence-electron chi connectivity index (χ4n) is 2.42. The van der Waals surface area contributed by atoms with Gasteiger partial charge in [-0.1, -0.05) is 24.3 Å². The third kappa shape index (κ3) is 7.65. The summed E-state index contributed by atoms with van der Waals surface area (Å²) in [6.07, 6.45) is 0. The molecular weight excluding hydrogens is 357 g/mol. The van der Waals surface area contributed by atoms with Gasteiger partial charge in [0.05, 0.1) is 6.54 Å². The van der Waals surface area contributed by atoms with Gasteiger partial charge in [0.15, 0.2) is 5.96 Å². The molecule has 2 rings (SSSR count). The van der Waals surface area contributed by atoms with Crippen molar-refractivity contribution in [2.24, 2.45) is 4.99 Å². The van der Waals surface area contributed by atoms with E-state index in [2.05, 4.69) is 26.3 Å². The topological polar surface area (TPSA) is 77.5 Å². The number of carbonyl (C=O) groups is 1. The van der Waals surface area contributed by atoms with E-state index in [-0.39, 0.29) is 17.9 Å². The molecule has 0 aliphatic carbocycles. The number of benzene rings is 2. The van der Waals surface area contributed by atoms with Crippen molar-refractivity contribution in [2.75, 3.05) is 11.9 Å². The van der Waals surface area contributed by atoms with E-state index in [1.54, 1.807) is 12.1 Å². The molecule has 7 heteroatoms. The van der Waals surface area contributed by atoms with Crippen LogP contribution in [0.15, 0.2) is 53.5 Å². The number of nitrogens with one attached hydrogen (secondary N) is 4. The largest absolute Gasteiger partial charge is 0.357 e. The van der Waals surface area contributed by atoms with Crippen LogP contribution in [-0.4, -0.2) is 24.6 Å². The first-order valence-corrected chi connectivity index (χ1v) is 9.39. The van der Waals surface area contributed by atoms with Gasteiger partial charge in [0.2, 0.25) is 0 Å². The van der Waals surface area contributed by atoms with Crippen LogP contribution in [0.2, 0.25) is 0 Å². The molecule has 0 bridgehead atoms. The minimum Gasteiger partial charge on any atom is -0.357 e. The number of carbonyl (C=O) groups excluding carboxylic acids is 1. The zero-order valence-corrected chi connectivity index (χ0v) is 16.6. The molecule has 2 aromatic carbocycles. The first kappa shape index (κ1) is 21.2. The molecule has 0 aliphatic heterocycles. The Bertz CT molecular complexity index is 772. The van der Waals surface area contributed by atoms with Gasteiger partial charge in [-0.15, -0.1) is 0 Å². The van der Waals surface area contributed by atoms with Crippen molar-refractivity contribution in [3.8, 4) is 0 Å². The second kappa shape index (κ2) is 10.9. The summed E-state index contributed by atoms with van der Waals surface area (Å²) in [5.74, 6) is 0.439. The van der Waals surface area contributed by atoms with Gasteiger partial charge in [0.1, 0.15) is 5.82 Å². The van der Waals surface area contributed by atoms with E-state index in [1.165, 1.54) is 12.1 Å². The van der Waals surface area contributed by atoms with E-state index in [1.807, 2.05) is 45.0 Å². The number of halogens is 1. The number of aliphatic imine (C=N–C) groups is 1. The molecule has 0 atom stereocenters. The molecule has 0 spiro atoms. The summed E-state index contributed by atoms with van der Waals surface area (Å²) >= 11 is 0. The Morgan fingerprint density at radius 1 is 1.00 bits per heavy atom. The SMILES string of the molecule is CCNC(=NCc1ccc(NC(=O)NC(C)C)cc1)NCc1ccc(F)cc1. The molecule has 0 aliphatic rings. The van der Waals surface area contributed by atoms with Crippen LogP contribution in [0, 0.1) is 5.82 Å². The first-order chi connectivity index (χ1) is 13.5. The first-order valence-electron chi connectivity index (χ1n) is 9.39. The molecule has 0 saturated carbocycles. The lowest BCUT2D eigenvalue weighted by atomic mass is 10.2. The Kier molecular flexibility index (Phi) is 8.27. The van der Waals surface area contributed by atoms with Gasteiger partial charge in [-0.25, -0.2) is 14.2 Å². The van der Waals surface area contributed by atoms with E-state index in [0.29, 0.717) is 19.0 Å².